The molecule has 7 heteroatoms. The van der Waals surface area contributed by atoms with E-state index in [4.69, 9.17) is 4.52 Å². The van der Waals surface area contributed by atoms with Gasteiger partial charge in [0.1, 0.15) is 17.3 Å². The van der Waals surface area contributed by atoms with E-state index in [1.165, 1.54) is 0 Å². The lowest BCUT2D eigenvalue weighted by atomic mass is 10.0. The first-order chi connectivity index (χ1) is 17.0. The highest BCUT2D eigenvalue weighted by atomic mass is 16.5. The number of ketones is 1. The van der Waals surface area contributed by atoms with E-state index in [0.29, 0.717) is 29.9 Å². The van der Waals surface area contributed by atoms with E-state index in [1.54, 1.807) is 6.20 Å². The third kappa shape index (κ3) is 6.44. The van der Waals surface area contributed by atoms with Gasteiger partial charge >= 0.3 is 0 Å². The highest BCUT2D eigenvalue weighted by Gasteiger charge is 2.20. The summed E-state index contributed by atoms with van der Waals surface area (Å²) in [4.78, 5) is 32.6. The van der Waals surface area contributed by atoms with E-state index >= 15 is 0 Å². The standard InChI is InChI=1S/C28H32N4O3/c1-3-21(33)12-8-5-9-13-23(28-29-18-25(31-28)20-10-6-4-7-11-20)30-27(34)17-24-22-16-19(2)14-15-26(22)35-32-24/h4,6-7,10-11,14-16,18,23H,3,5,8-9,12-13,17H2,1-2H3,(H,29,31)(H,30,34)/t23-/m0/s1. The lowest BCUT2D eigenvalue weighted by Gasteiger charge is -2.17. The van der Waals surface area contributed by atoms with Crippen LogP contribution in [0.5, 0.6) is 0 Å². The van der Waals surface area contributed by atoms with Gasteiger partial charge < -0.3 is 14.8 Å². The van der Waals surface area contributed by atoms with Crippen LogP contribution in [-0.2, 0) is 16.0 Å². The Morgan fingerprint density at radius 1 is 1.09 bits per heavy atom. The zero-order valence-corrected chi connectivity index (χ0v) is 20.3. The lowest BCUT2D eigenvalue weighted by molar-refractivity contribution is -0.121. The summed E-state index contributed by atoms with van der Waals surface area (Å²) in [5, 5.41) is 8.13. The molecule has 2 N–H and O–H groups in total. The Morgan fingerprint density at radius 3 is 2.71 bits per heavy atom. The van der Waals surface area contributed by atoms with Crippen LogP contribution < -0.4 is 5.32 Å². The number of amides is 1. The lowest BCUT2D eigenvalue weighted by Crippen LogP contribution is -2.30. The molecule has 0 aliphatic heterocycles. The number of unbranched alkanes of at least 4 members (excludes halogenated alkanes) is 2. The van der Waals surface area contributed by atoms with E-state index in [0.717, 1.165) is 53.7 Å². The zero-order valence-electron chi connectivity index (χ0n) is 20.3. The molecule has 0 saturated carbocycles. The van der Waals surface area contributed by atoms with Gasteiger partial charge in [-0.2, -0.15) is 0 Å². The maximum atomic E-state index is 13.0. The second kappa shape index (κ2) is 11.6. The molecule has 0 spiro atoms. The fraction of sp³-hybridized carbons (Fsp3) is 0.357. The number of carbonyl (C=O) groups excluding carboxylic acids is 2. The quantitative estimate of drug-likeness (QED) is 0.252. The number of aryl methyl sites for hydroxylation is 1. The third-order valence-electron chi connectivity index (χ3n) is 6.22. The number of nitrogens with one attached hydrogen (secondary N) is 2. The third-order valence-corrected chi connectivity index (χ3v) is 6.22. The first kappa shape index (κ1) is 24.4. The van der Waals surface area contributed by atoms with Crippen LogP contribution in [0.15, 0.2) is 59.3 Å². The molecule has 4 aromatic rings. The minimum absolute atomic E-state index is 0.129. The molecular weight excluding hydrogens is 440 g/mol. The van der Waals surface area contributed by atoms with Crippen molar-refractivity contribution in [3.8, 4) is 11.3 Å². The van der Waals surface area contributed by atoms with Gasteiger partial charge in [-0.25, -0.2) is 4.98 Å². The molecule has 2 aromatic carbocycles. The first-order valence-electron chi connectivity index (χ1n) is 12.3. The predicted molar refractivity (Wildman–Crippen MR) is 136 cm³/mol. The van der Waals surface area contributed by atoms with Crippen molar-refractivity contribution >= 4 is 22.7 Å². The van der Waals surface area contributed by atoms with Crippen molar-refractivity contribution in [2.24, 2.45) is 0 Å². The molecule has 182 valence electrons. The Morgan fingerprint density at radius 2 is 1.91 bits per heavy atom. The number of hydrogen-bond donors (Lipinski definition) is 2. The number of rotatable bonds is 12. The van der Waals surface area contributed by atoms with E-state index in [9.17, 15) is 9.59 Å². The van der Waals surface area contributed by atoms with Gasteiger partial charge in [-0.15, -0.1) is 0 Å². The normalized spacial score (nSPS) is 12.1. The number of hydrogen-bond acceptors (Lipinski definition) is 5. The molecule has 35 heavy (non-hydrogen) atoms. The van der Waals surface area contributed by atoms with Gasteiger partial charge in [0.25, 0.3) is 0 Å². The van der Waals surface area contributed by atoms with E-state index < -0.39 is 0 Å². The Bertz CT molecular complexity index is 1280. The Balaban J connectivity index is 1.45. The molecule has 4 rings (SSSR count). The summed E-state index contributed by atoms with van der Waals surface area (Å²) in [7, 11) is 0. The molecule has 0 radical (unpaired) electrons. The molecule has 7 nitrogen and oxygen atoms in total. The van der Waals surface area contributed by atoms with Gasteiger partial charge in [-0.1, -0.05) is 66.9 Å². The van der Waals surface area contributed by atoms with Crippen LogP contribution in [0, 0.1) is 6.92 Å². The highest BCUT2D eigenvalue weighted by Crippen LogP contribution is 2.24. The smallest absolute Gasteiger partial charge is 0.226 e. The molecule has 0 aliphatic carbocycles. The second-order valence-electron chi connectivity index (χ2n) is 8.97. The maximum Gasteiger partial charge on any atom is 0.226 e. The first-order valence-corrected chi connectivity index (χ1v) is 12.3. The predicted octanol–water partition coefficient (Wildman–Crippen LogP) is 5.86. The Hall–Kier alpha value is -3.74. The van der Waals surface area contributed by atoms with Crippen molar-refractivity contribution in [2.45, 2.75) is 64.8 Å². The molecule has 0 unspecified atom stereocenters. The second-order valence-corrected chi connectivity index (χ2v) is 8.97. The van der Waals surface area contributed by atoms with Crippen LogP contribution in [0.1, 0.15) is 68.6 Å². The Labute approximate surface area is 205 Å². The van der Waals surface area contributed by atoms with E-state index in [2.05, 4.69) is 20.4 Å². The summed E-state index contributed by atoms with van der Waals surface area (Å²) < 4.78 is 5.39. The summed E-state index contributed by atoms with van der Waals surface area (Å²) in [6, 6.07) is 15.5. The maximum absolute atomic E-state index is 13.0. The van der Waals surface area contributed by atoms with Gasteiger partial charge in [-0.3, -0.25) is 9.59 Å². The van der Waals surface area contributed by atoms with Crippen molar-refractivity contribution in [2.75, 3.05) is 0 Å². The minimum atomic E-state index is -0.262. The van der Waals surface area contributed by atoms with E-state index in [1.807, 2.05) is 62.4 Å². The summed E-state index contributed by atoms with van der Waals surface area (Å²) in [6.45, 7) is 3.90. The topological polar surface area (TPSA) is 101 Å². The summed E-state index contributed by atoms with van der Waals surface area (Å²) in [6.07, 6.45) is 6.54. The molecule has 2 heterocycles. The van der Waals surface area contributed by atoms with Gasteiger partial charge in [0.15, 0.2) is 5.58 Å². The highest BCUT2D eigenvalue weighted by molar-refractivity contribution is 5.86. The number of imidazole rings is 1. The van der Waals surface area contributed by atoms with Crippen molar-refractivity contribution in [3.63, 3.8) is 0 Å². The molecule has 1 amide bonds. The van der Waals surface area contributed by atoms with Crippen LogP contribution in [0.4, 0.5) is 0 Å². The summed E-state index contributed by atoms with van der Waals surface area (Å²) in [5.74, 6) is 0.886. The number of benzene rings is 2. The number of carbonyl (C=O) groups is 2. The largest absolute Gasteiger partial charge is 0.356 e. The van der Waals surface area contributed by atoms with Crippen LogP contribution in [-0.4, -0.2) is 26.8 Å². The number of H-pyrrole nitrogens is 1. The molecule has 0 bridgehead atoms. The molecule has 1 atom stereocenters. The SMILES string of the molecule is CCC(=O)CCCCC[C@H](NC(=O)Cc1noc2ccc(C)cc12)c1ncc(-c2ccccc2)[nH]1. The average Bonchev–Trinajstić information content (AvgIpc) is 3.51. The van der Waals surface area contributed by atoms with Gasteiger partial charge in [-0.05, 0) is 37.5 Å². The summed E-state index contributed by atoms with van der Waals surface area (Å²) in [5.41, 5.74) is 4.34. The number of aromatic nitrogens is 3. The number of aromatic amines is 1. The van der Waals surface area contributed by atoms with E-state index in [-0.39, 0.29) is 18.4 Å². The summed E-state index contributed by atoms with van der Waals surface area (Å²) >= 11 is 0. The molecule has 0 fully saturated rings. The van der Waals surface area contributed by atoms with Crippen LogP contribution in [0.2, 0.25) is 0 Å². The van der Waals surface area contributed by atoms with Crippen molar-refractivity contribution < 1.29 is 14.1 Å². The van der Waals surface area contributed by atoms with Gasteiger partial charge in [0, 0.05) is 18.2 Å². The van der Waals surface area contributed by atoms with Crippen LogP contribution in [0.3, 0.4) is 0 Å². The monoisotopic (exact) mass is 472 g/mol. The molecule has 2 aromatic heterocycles. The molecular formula is C28H32N4O3. The van der Waals surface area contributed by atoms with Crippen LogP contribution >= 0.6 is 0 Å². The van der Waals surface area contributed by atoms with Gasteiger partial charge in [0.05, 0.1) is 24.4 Å². The molecule has 0 aliphatic rings. The number of Topliss-reactive ketones (excluding diaryl/α,β-unsaturated/α-hetero) is 1. The minimum Gasteiger partial charge on any atom is -0.356 e. The average molecular weight is 473 g/mol. The molecule has 0 saturated heterocycles. The van der Waals surface area contributed by atoms with Crippen molar-refractivity contribution in [1.29, 1.82) is 0 Å². The zero-order chi connectivity index (χ0) is 24.6. The number of fused-ring (bicyclic) bond motifs is 1. The van der Waals surface area contributed by atoms with Gasteiger partial charge in [0.2, 0.25) is 5.91 Å². The number of nitrogens with zero attached hydrogens (tertiary/aromatic N) is 2. The fourth-order valence-electron chi connectivity index (χ4n) is 4.21. The van der Waals surface area contributed by atoms with Crippen LogP contribution in [0.25, 0.3) is 22.2 Å². The fourth-order valence-corrected chi connectivity index (χ4v) is 4.21. The Kier molecular flexibility index (Phi) is 8.08. The van der Waals surface area contributed by atoms with Crippen molar-refractivity contribution in [1.82, 2.24) is 20.4 Å². The van der Waals surface area contributed by atoms with Crippen molar-refractivity contribution in [3.05, 3.63) is 71.8 Å².